The number of aliphatic hydroxyl groups excluding tert-OH is 1. The molecule has 3 heterocycles. The quantitative estimate of drug-likeness (QED) is 0.815. The van der Waals surface area contributed by atoms with Crippen molar-refractivity contribution in [1.29, 1.82) is 0 Å². The van der Waals surface area contributed by atoms with E-state index in [1.807, 2.05) is 19.1 Å². The molecule has 7 nitrogen and oxygen atoms in total. The number of aryl methyl sites for hydroxylation is 1. The van der Waals surface area contributed by atoms with Crippen LogP contribution in [0.5, 0.6) is 5.88 Å². The second-order valence-electron chi connectivity index (χ2n) is 7.99. The van der Waals surface area contributed by atoms with Gasteiger partial charge < -0.3 is 20.5 Å². The third-order valence-electron chi connectivity index (χ3n) is 6.53. The molecule has 0 unspecified atom stereocenters. The van der Waals surface area contributed by atoms with E-state index in [2.05, 4.69) is 9.88 Å². The third-order valence-corrected chi connectivity index (χ3v) is 6.53. The Labute approximate surface area is 173 Å². The van der Waals surface area contributed by atoms with Crippen molar-refractivity contribution >= 4 is 5.82 Å². The van der Waals surface area contributed by atoms with Crippen LogP contribution in [0.4, 0.5) is 5.82 Å². The minimum atomic E-state index is -0.153. The van der Waals surface area contributed by atoms with Gasteiger partial charge in [-0.3, -0.25) is 0 Å². The monoisotopic (exact) mass is 399 g/mol. The maximum atomic E-state index is 9.99. The maximum Gasteiger partial charge on any atom is 0.222 e. The predicted molar refractivity (Wildman–Crippen MR) is 115 cm³/mol. The maximum absolute atomic E-state index is 9.99. The summed E-state index contributed by atoms with van der Waals surface area (Å²) in [5.41, 5.74) is 9.59. The van der Waals surface area contributed by atoms with E-state index in [-0.39, 0.29) is 14.0 Å². The number of nitrogens with zero attached hydrogens (tertiary/aromatic N) is 4. The Balaban J connectivity index is 0.00000240. The molecule has 0 radical (unpaired) electrons. The third kappa shape index (κ3) is 3.81. The van der Waals surface area contributed by atoms with Gasteiger partial charge in [-0.25, -0.2) is 15.0 Å². The minimum absolute atomic E-state index is 0. The molecule has 1 saturated carbocycles. The fourth-order valence-electron chi connectivity index (χ4n) is 4.84. The van der Waals surface area contributed by atoms with Crippen LogP contribution in [0, 0.1) is 12.3 Å². The van der Waals surface area contributed by atoms with Crippen LogP contribution in [0.25, 0.3) is 11.3 Å². The molecule has 1 saturated heterocycles. The molecule has 1 aliphatic heterocycles. The summed E-state index contributed by atoms with van der Waals surface area (Å²) >= 11 is 0. The summed E-state index contributed by atoms with van der Waals surface area (Å²) in [5.74, 6) is 1.29. The van der Waals surface area contributed by atoms with Crippen molar-refractivity contribution in [2.24, 2.45) is 11.1 Å². The molecule has 3 N–H and O–H groups in total. The van der Waals surface area contributed by atoms with Crippen molar-refractivity contribution in [3.05, 3.63) is 29.7 Å². The van der Waals surface area contributed by atoms with Gasteiger partial charge in [0.05, 0.1) is 30.7 Å². The Hall–Kier alpha value is -2.25. The second-order valence-corrected chi connectivity index (χ2v) is 7.99. The Bertz CT molecular complexity index is 849. The number of hydrogen-bond donors (Lipinski definition) is 2. The van der Waals surface area contributed by atoms with Crippen molar-refractivity contribution in [2.75, 3.05) is 25.1 Å². The lowest BCUT2D eigenvalue weighted by molar-refractivity contribution is 0.196. The van der Waals surface area contributed by atoms with Gasteiger partial charge in [-0.05, 0) is 50.2 Å². The Morgan fingerprint density at radius 3 is 2.66 bits per heavy atom. The number of hydrogen-bond acceptors (Lipinski definition) is 7. The van der Waals surface area contributed by atoms with E-state index >= 15 is 0 Å². The lowest BCUT2D eigenvalue weighted by atomic mass is 9.74. The number of aromatic nitrogens is 3. The van der Waals surface area contributed by atoms with Crippen molar-refractivity contribution in [1.82, 2.24) is 15.0 Å². The summed E-state index contributed by atoms with van der Waals surface area (Å²) < 4.78 is 5.37. The van der Waals surface area contributed by atoms with E-state index in [0.717, 1.165) is 49.4 Å². The van der Waals surface area contributed by atoms with Gasteiger partial charge in [-0.2, -0.15) is 0 Å². The molecule has 0 aromatic carbocycles. The summed E-state index contributed by atoms with van der Waals surface area (Å²) in [5, 5.41) is 9.99. The topological polar surface area (TPSA) is 97.4 Å². The van der Waals surface area contributed by atoms with Gasteiger partial charge in [0, 0.05) is 25.3 Å². The zero-order valence-electron chi connectivity index (χ0n) is 16.7. The van der Waals surface area contributed by atoms with Crippen molar-refractivity contribution in [2.45, 2.75) is 59.1 Å². The molecule has 4 rings (SSSR count). The number of nitrogens with two attached hydrogens (primary N) is 1. The number of piperidine rings is 1. The van der Waals surface area contributed by atoms with E-state index in [4.69, 9.17) is 20.4 Å². The van der Waals surface area contributed by atoms with E-state index in [0.29, 0.717) is 28.7 Å². The highest BCUT2D eigenvalue weighted by Crippen LogP contribution is 2.46. The molecular formula is C22H33N5O2. The molecule has 2 aliphatic rings. The molecule has 7 heteroatoms. The second kappa shape index (κ2) is 8.63. The fourth-order valence-corrected chi connectivity index (χ4v) is 4.84. The predicted octanol–water partition coefficient (Wildman–Crippen LogP) is 3.08. The van der Waals surface area contributed by atoms with Crippen LogP contribution in [0.15, 0.2) is 18.3 Å². The molecule has 158 valence electrons. The van der Waals surface area contributed by atoms with Crippen LogP contribution in [0.2, 0.25) is 0 Å². The first-order valence-electron chi connectivity index (χ1n) is 10.1. The molecule has 2 aromatic rings. The van der Waals surface area contributed by atoms with Gasteiger partial charge in [-0.1, -0.05) is 13.8 Å². The lowest BCUT2D eigenvalue weighted by Crippen LogP contribution is -2.47. The highest BCUT2D eigenvalue weighted by Gasteiger charge is 2.43. The van der Waals surface area contributed by atoms with Crippen LogP contribution in [0.1, 0.15) is 50.9 Å². The molecule has 1 atom stereocenters. The standard InChI is InChI=1S/C21H29N5O2.CH4/c1-14-18(15-5-4-10-23-20(15)28-2)25-16(13-27)19(24-14)26-11-8-21(9-12-26)7-3-6-17(21)22;/h4-5,10,17,27H,3,6-9,11-13,22H2,1-2H3;1H4/t17-;/m1./s1. The molecule has 1 spiro atoms. The summed E-state index contributed by atoms with van der Waals surface area (Å²) in [4.78, 5) is 16.1. The first kappa shape index (κ1) is 21.5. The van der Waals surface area contributed by atoms with Crippen LogP contribution in [-0.4, -0.2) is 46.3 Å². The van der Waals surface area contributed by atoms with Crippen LogP contribution < -0.4 is 15.4 Å². The minimum Gasteiger partial charge on any atom is -0.481 e. The van der Waals surface area contributed by atoms with Gasteiger partial charge in [0.1, 0.15) is 5.69 Å². The smallest absolute Gasteiger partial charge is 0.222 e. The first-order valence-corrected chi connectivity index (χ1v) is 10.1. The summed E-state index contributed by atoms with van der Waals surface area (Å²) in [6, 6.07) is 4.08. The van der Waals surface area contributed by atoms with Gasteiger partial charge in [0.2, 0.25) is 5.88 Å². The number of pyridine rings is 1. The Morgan fingerprint density at radius 2 is 2.03 bits per heavy atom. The van der Waals surface area contributed by atoms with Gasteiger partial charge >= 0.3 is 0 Å². The number of ether oxygens (including phenoxy) is 1. The zero-order valence-corrected chi connectivity index (χ0v) is 16.7. The van der Waals surface area contributed by atoms with E-state index in [1.165, 1.54) is 12.8 Å². The van der Waals surface area contributed by atoms with Crippen molar-refractivity contribution in [3.63, 3.8) is 0 Å². The van der Waals surface area contributed by atoms with Crippen LogP contribution in [-0.2, 0) is 6.61 Å². The first-order chi connectivity index (χ1) is 13.6. The molecule has 2 aromatic heterocycles. The molecule has 2 fully saturated rings. The summed E-state index contributed by atoms with van der Waals surface area (Å²) in [6.45, 7) is 3.60. The Kier molecular flexibility index (Phi) is 6.39. The molecule has 29 heavy (non-hydrogen) atoms. The van der Waals surface area contributed by atoms with E-state index in [9.17, 15) is 5.11 Å². The average Bonchev–Trinajstić information content (AvgIpc) is 3.08. The number of rotatable bonds is 4. The van der Waals surface area contributed by atoms with Crippen molar-refractivity contribution in [3.8, 4) is 17.1 Å². The fraction of sp³-hybridized carbons (Fsp3) is 0.591. The van der Waals surface area contributed by atoms with Crippen LogP contribution in [0.3, 0.4) is 0 Å². The van der Waals surface area contributed by atoms with Gasteiger partial charge in [0.25, 0.3) is 0 Å². The molecular weight excluding hydrogens is 366 g/mol. The lowest BCUT2D eigenvalue weighted by Gasteiger charge is -2.42. The zero-order chi connectivity index (χ0) is 19.7. The van der Waals surface area contributed by atoms with E-state index < -0.39 is 0 Å². The summed E-state index contributed by atoms with van der Waals surface area (Å²) in [6.07, 6.45) is 7.46. The van der Waals surface area contributed by atoms with Crippen LogP contribution >= 0.6 is 0 Å². The van der Waals surface area contributed by atoms with E-state index in [1.54, 1.807) is 13.3 Å². The highest BCUT2D eigenvalue weighted by molar-refractivity contribution is 5.68. The van der Waals surface area contributed by atoms with Crippen molar-refractivity contribution < 1.29 is 9.84 Å². The number of aliphatic hydroxyl groups is 1. The highest BCUT2D eigenvalue weighted by atomic mass is 16.5. The van der Waals surface area contributed by atoms with Gasteiger partial charge in [-0.15, -0.1) is 0 Å². The normalized spacial score (nSPS) is 20.6. The number of anilines is 1. The Morgan fingerprint density at radius 1 is 1.28 bits per heavy atom. The average molecular weight is 400 g/mol. The summed E-state index contributed by atoms with van der Waals surface area (Å²) in [7, 11) is 1.59. The van der Waals surface area contributed by atoms with Gasteiger partial charge in [0.15, 0.2) is 5.82 Å². The number of methoxy groups -OCH3 is 1. The largest absolute Gasteiger partial charge is 0.481 e. The molecule has 1 aliphatic carbocycles. The molecule has 0 amide bonds. The SMILES string of the molecule is C.COc1ncccc1-c1nc(CO)c(N2CCC3(CCC[C@H]3N)CC2)nc1C. The molecule has 0 bridgehead atoms.